The molecule has 2 aromatic rings. The molecule has 0 unspecified atom stereocenters. The number of aromatic nitrogens is 1. The molecule has 0 aliphatic rings. The van der Waals surface area contributed by atoms with Crippen LogP contribution in [0.15, 0.2) is 30.3 Å². The van der Waals surface area contributed by atoms with Gasteiger partial charge in [0.05, 0.1) is 18.5 Å². The van der Waals surface area contributed by atoms with Crippen molar-refractivity contribution in [3.63, 3.8) is 0 Å². The zero-order chi connectivity index (χ0) is 15.9. The quantitative estimate of drug-likeness (QED) is 0.818. The van der Waals surface area contributed by atoms with Gasteiger partial charge in [-0.05, 0) is 18.9 Å². The van der Waals surface area contributed by atoms with E-state index in [2.05, 4.69) is 10.3 Å². The van der Waals surface area contributed by atoms with Gasteiger partial charge in [0, 0.05) is 11.4 Å². The normalized spacial score (nSPS) is 10.4. The van der Waals surface area contributed by atoms with Gasteiger partial charge in [-0.1, -0.05) is 30.3 Å². The first kappa shape index (κ1) is 16.2. The molecule has 1 heterocycles. The summed E-state index contributed by atoms with van der Waals surface area (Å²) in [5.74, 6) is -0.975. The SMILES string of the molecule is Cc1nc(CC(=O)NCCc2ccccc2)sc1CC(=O)O. The minimum absolute atomic E-state index is 0.0425. The average Bonchev–Trinajstić information content (AvgIpc) is 2.79. The Bertz CT molecular complexity index is 653. The van der Waals surface area contributed by atoms with E-state index < -0.39 is 5.97 Å². The number of carbonyl (C=O) groups excluding carboxylic acids is 1. The van der Waals surface area contributed by atoms with Crippen LogP contribution in [-0.2, 0) is 28.9 Å². The van der Waals surface area contributed by atoms with Gasteiger partial charge in [-0.25, -0.2) is 4.98 Å². The highest BCUT2D eigenvalue weighted by molar-refractivity contribution is 7.11. The van der Waals surface area contributed by atoms with Crippen molar-refractivity contribution in [3.8, 4) is 0 Å². The van der Waals surface area contributed by atoms with E-state index in [1.54, 1.807) is 6.92 Å². The molecule has 22 heavy (non-hydrogen) atoms. The molecule has 5 nitrogen and oxygen atoms in total. The number of carboxylic acids is 1. The van der Waals surface area contributed by atoms with Crippen molar-refractivity contribution in [2.75, 3.05) is 6.54 Å². The number of aryl methyl sites for hydroxylation is 1. The number of hydrogen-bond donors (Lipinski definition) is 2. The molecule has 1 amide bonds. The fourth-order valence-electron chi connectivity index (χ4n) is 2.06. The first-order valence-electron chi connectivity index (χ1n) is 7.02. The van der Waals surface area contributed by atoms with Crippen LogP contribution in [0.1, 0.15) is 21.1 Å². The zero-order valence-corrected chi connectivity index (χ0v) is 13.2. The molecule has 116 valence electrons. The summed E-state index contributed by atoms with van der Waals surface area (Å²) in [6.07, 6.45) is 0.937. The lowest BCUT2D eigenvalue weighted by atomic mass is 10.1. The Morgan fingerprint density at radius 2 is 1.95 bits per heavy atom. The number of carboxylic acid groups (broad SMARTS) is 1. The van der Waals surface area contributed by atoms with Crippen LogP contribution >= 0.6 is 11.3 Å². The Balaban J connectivity index is 1.80. The van der Waals surface area contributed by atoms with Crippen molar-refractivity contribution in [2.45, 2.75) is 26.2 Å². The van der Waals surface area contributed by atoms with Gasteiger partial charge in [-0.3, -0.25) is 9.59 Å². The van der Waals surface area contributed by atoms with E-state index in [-0.39, 0.29) is 18.7 Å². The molecule has 6 heteroatoms. The number of carbonyl (C=O) groups is 2. The predicted molar refractivity (Wildman–Crippen MR) is 85.1 cm³/mol. The van der Waals surface area contributed by atoms with Crippen molar-refractivity contribution in [1.82, 2.24) is 10.3 Å². The second-order valence-electron chi connectivity index (χ2n) is 4.95. The summed E-state index contributed by atoms with van der Waals surface area (Å²) in [5.41, 5.74) is 1.87. The molecule has 2 N–H and O–H groups in total. The summed E-state index contributed by atoms with van der Waals surface area (Å²) in [6.45, 7) is 2.35. The van der Waals surface area contributed by atoms with E-state index in [0.29, 0.717) is 22.1 Å². The summed E-state index contributed by atoms with van der Waals surface area (Å²) >= 11 is 1.29. The largest absolute Gasteiger partial charge is 0.481 e. The maximum atomic E-state index is 11.9. The number of benzene rings is 1. The molecular weight excluding hydrogens is 300 g/mol. The van der Waals surface area contributed by atoms with E-state index in [4.69, 9.17) is 5.11 Å². The van der Waals surface area contributed by atoms with Crippen molar-refractivity contribution >= 4 is 23.2 Å². The second-order valence-corrected chi connectivity index (χ2v) is 6.12. The predicted octanol–water partition coefficient (Wildman–Crippen LogP) is 1.98. The Morgan fingerprint density at radius 1 is 1.23 bits per heavy atom. The van der Waals surface area contributed by atoms with E-state index in [9.17, 15) is 9.59 Å². The Hall–Kier alpha value is -2.21. The van der Waals surface area contributed by atoms with Gasteiger partial charge in [-0.15, -0.1) is 11.3 Å². The molecule has 0 saturated carbocycles. The number of amides is 1. The van der Waals surface area contributed by atoms with E-state index in [1.165, 1.54) is 16.9 Å². The highest BCUT2D eigenvalue weighted by Gasteiger charge is 2.13. The maximum Gasteiger partial charge on any atom is 0.308 e. The number of nitrogens with one attached hydrogen (secondary N) is 1. The molecule has 0 aliphatic carbocycles. The van der Waals surface area contributed by atoms with Crippen molar-refractivity contribution in [1.29, 1.82) is 0 Å². The van der Waals surface area contributed by atoms with Crippen LogP contribution in [0.3, 0.4) is 0 Å². The number of hydrogen-bond acceptors (Lipinski definition) is 4. The maximum absolute atomic E-state index is 11.9. The van der Waals surface area contributed by atoms with Gasteiger partial charge in [0.15, 0.2) is 0 Å². The summed E-state index contributed by atoms with van der Waals surface area (Å²) in [4.78, 5) is 27.6. The van der Waals surface area contributed by atoms with Gasteiger partial charge in [0.25, 0.3) is 0 Å². The minimum atomic E-state index is -0.884. The minimum Gasteiger partial charge on any atom is -0.481 e. The second kappa shape index (κ2) is 7.70. The van der Waals surface area contributed by atoms with Gasteiger partial charge < -0.3 is 10.4 Å². The molecule has 0 radical (unpaired) electrons. The third kappa shape index (κ3) is 4.96. The first-order valence-corrected chi connectivity index (χ1v) is 7.84. The molecule has 0 saturated heterocycles. The zero-order valence-electron chi connectivity index (χ0n) is 12.3. The number of nitrogens with zero attached hydrogens (tertiary/aromatic N) is 1. The lowest BCUT2D eigenvalue weighted by molar-refractivity contribution is -0.136. The third-order valence-corrected chi connectivity index (χ3v) is 4.30. The smallest absolute Gasteiger partial charge is 0.308 e. The van der Waals surface area contributed by atoms with E-state index in [1.807, 2.05) is 30.3 Å². The van der Waals surface area contributed by atoms with Gasteiger partial charge in [0.2, 0.25) is 5.91 Å². The molecule has 0 aliphatic heterocycles. The molecule has 2 rings (SSSR count). The highest BCUT2D eigenvalue weighted by atomic mass is 32.1. The number of thiazole rings is 1. The van der Waals surface area contributed by atoms with Crippen LogP contribution in [0.2, 0.25) is 0 Å². The Kier molecular flexibility index (Phi) is 5.66. The molecule has 0 spiro atoms. The Labute approximate surface area is 133 Å². The molecule has 0 bridgehead atoms. The molecule has 0 atom stereocenters. The number of aliphatic carboxylic acids is 1. The lowest BCUT2D eigenvalue weighted by Crippen LogP contribution is -2.27. The van der Waals surface area contributed by atoms with Crippen LogP contribution in [0, 0.1) is 6.92 Å². The summed E-state index contributed by atoms with van der Waals surface area (Å²) in [5, 5.41) is 12.3. The summed E-state index contributed by atoms with van der Waals surface area (Å²) < 4.78 is 0. The fourth-order valence-corrected chi connectivity index (χ4v) is 3.12. The van der Waals surface area contributed by atoms with Gasteiger partial charge >= 0.3 is 5.97 Å². The molecule has 0 fully saturated rings. The molecule has 1 aromatic carbocycles. The highest BCUT2D eigenvalue weighted by Crippen LogP contribution is 2.19. The van der Waals surface area contributed by atoms with Crippen LogP contribution in [0.4, 0.5) is 0 Å². The van der Waals surface area contributed by atoms with Crippen LogP contribution < -0.4 is 5.32 Å². The van der Waals surface area contributed by atoms with Gasteiger partial charge in [0.1, 0.15) is 5.01 Å². The Morgan fingerprint density at radius 3 is 2.64 bits per heavy atom. The van der Waals surface area contributed by atoms with Crippen LogP contribution in [0.25, 0.3) is 0 Å². The standard InChI is InChI=1S/C16H18N2O3S/c1-11-13(9-16(20)21)22-15(18-11)10-14(19)17-8-7-12-5-3-2-4-6-12/h2-6H,7-10H2,1H3,(H,17,19)(H,20,21). The fraction of sp³-hybridized carbons (Fsp3) is 0.312. The average molecular weight is 318 g/mol. The summed E-state index contributed by atoms with van der Waals surface area (Å²) in [7, 11) is 0. The van der Waals surface area contributed by atoms with Crippen molar-refractivity contribution in [3.05, 3.63) is 51.5 Å². The molecule has 1 aromatic heterocycles. The third-order valence-electron chi connectivity index (χ3n) is 3.14. The van der Waals surface area contributed by atoms with Crippen LogP contribution in [0.5, 0.6) is 0 Å². The van der Waals surface area contributed by atoms with Crippen LogP contribution in [-0.4, -0.2) is 28.5 Å². The number of rotatable bonds is 7. The topological polar surface area (TPSA) is 79.3 Å². The van der Waals surface area contributed by atoms with Crippen molar-refractivity contribution < 1.29 is 14.7 Å². The van der Waals surface area contributed by atoms with E-state index >= 15 is 0 Å². The first-order chi connectivity index (χ1) is 10.5. The van der Waals surface area contributed by atoms with Crippen molar-refractivity contribution in [2.24, 2.45) is 0 Å². The monoisotopic (exact) mass is 318 g/mol. The molecular formula is C16H18N2O3S. The summed E-state index contributed by atoms with van der Waals surface area (Å²) in [6, 6.07) is 9.95. The van der Waals surface area contributed by atoms with E-state index in [0.717, 1.165) is 6.42 Å². The lowest BCUT2D eigenvalue weighted by Gasteiger charge is -2.04. The van der Waals surface area contributed by atoms with Gasteiger partial charge in [-0.2, -0.15) is 0 Å².